The maximum Gasteiger partial charge on any atom is 0.223 e. The number of ether oxygens (including phenoxy) is 1. The second-order valence-electron chi connectivity index (χ2n) is 3.56. The molecule has 1 saturated carbocycles. The molecule has 5 nitrogen and oxygen atoms in total. The minimum atomic E-state index is -0.432. The smallest absolute Gasteiger partial charge is 0.223 e. The van der Waals surface area contributed by atoms with Crippen molar-refractivity contribution >= 4 is 0 Å². The van der Waals surface area contributed by atoms with Crippen molar-refractivity contribution in [1.82, 2.24) is 10.1 Å². The summed E-state index contributed by atoms with van der Waals surface area (Å²) in [5.74, 6) is 1.15. The predicted octanol–water partition coefficient (Wildman–Crippen LogP) is 0.341. The van der Waals surface area contributed by atoms with Gasteiger partial charge in [-0.2, -0.15) is 4.98 Å². The zero-order valence-electron chi connectivity index (χ0n) is 7.78. The molecular weight excluding hydrogens is 170 g/mol. The van der Waals surface area contributed by atoms with Gasteiger partial charge in [0.2, 0.25) is 5.89 Å². The molecule has 0 aromatic carbocycles. The Hall–Kier alpha value is -0.940. The maximum atomic E-state index is 6.04. The van der Waals surface area contributed by atoms with Crippen LogP contribution >= 0.6 is 0 Å². The molecule has 1 aliphatic carbocycles. The van der Waals surface area contributed by atoms with Gasteiger partial charge in [0.15, 0.2) is 5.82 Å². The van der Waals surface area contributed by atoms with Gasteiger partial charge in [0.1, 0.15) is 0 Å². The third-order valence-corrected chi connectivity index (χ3v) is 2.49. The number of hydrogen-bond acceptors (Lipinski definition) is 5. The summed E-state index contributed by atoms with van der Waals surface area (Å²) in [7, 11) is 1.69. The van der Waals surface area contributed by atoms with Gasteiger partial charge in [0.25, 0.3) is 0 Å². The van der Waals surface area contributed by atoms with Gasteiger partial charge in [-0.3, -0.25) is 0 Å². The topological polar surface area (TPSA) is 74.2 Å². The Balaban J connectivity index is 2.10. The van der Waals surface area contributed by atoms with E-state index in [0.29, 0.717) is 11.7 Å². The molecular formula is C8H13N3O2. The highest BCUT2D eigenvalue weighted by Crippen LogP contribution is 2.38. The van der Waals surface area contributed by atoms with Gasteiger partial charge in [-0.15, -0.1) is 0 Å². The predicted molar refractivity (Wildman–Crippen MR) is 44.9 cm³/mol. The van der Waals surface area contributed by atoms with Gasteiger partial charge < -0.3 is 15.0 Å². The Kier molecular flexibility index (Phi) is 1.85. The number of methoxy groups -OCH3 is 1. The summed E-state index contributed by atoms with van der Waals surface area (Å²) < 4.78 is 10.0. The zero-order chi connectivity index (χ0) is 9.47. The monoisotopic (exact) mass is 183 g/mol. The van der Waals surface area contributed by atoms with E-state index in [9.17, 15) is 0 Å². The van der Waals surface area contributed by atoms with Crippen LogP contribution in [0.15, 0.2) is 4.52 Å². The molecule has 1 fully saturated rings. The lowest BCUT2D eigenvalue weighted by molar-refractivity contribution is -0.0202. The van der Waals surface area contributed by atoms with E-state index in [4.69, 9.17) is 15.0 Å². The summed E-state index contributed by atoms with van der Waals surface area (Å²) in [6.07, 6.45) is 1.77. The van der Waals surface area contributed by atoms with Crippen molar-refractivity contribution in [2.75, 3.05) is 7.11 Å². The molecule has 0 aliphatic heterocycles. The summed E-state index contributed by atoms with van der Waals surface area (Å²) in [4.78, 5) is 4.11. The molecule has 2 N–H and O–H groups in total. The third-order valence-electron chi connectivity index (χ3n) is 2.49. The van der Waals surface area contributed by atoms with Gasteiger partial charge >= 0.3 is 0 Å². The van der Waals surface area contributed by atoms with E-state index in [2.05, 4.69) is 10.1 Å². The molecule has 0 radical (unpaired) electrons. The van der Waals surface area contributed by atoms with Crippen molar-refractivity contribution in [2.24, 2.45) is 5.73 Å². The van der Waals surface area contributed by atoms with Crippen LogP contribution in [0.1, 0.15) is 24.6 Å². The zero-order valence-corrected chi connectivity index (χ0v) is 7.78. The van der Waals surface area contributed by atoms with Gasteiger partial charge in [0, 0.05) is 14.0 Å². The summed E-state index contributed by atoms with van der Waals surface area (Å²) in [6, 6.07) is 0. The lowest BCUT2D eigenvalue weighted by Gasteiger charge is -2.41. The quantitative estimate of drug-likeness (QED) is 0.715. The molecule has 1 aromatic rings. The fourth-order valence-electron chi connectivity index (χ4n) is 1.60. The van der Waals surface area contributed by atoms with E-state index in [0.717, 1.165) is 12.8 Å². The van der Waals surface area contributed by atoms with E-state index in [-0.39, 0.29) is 6.10 Å². The Labute approximate surface area is 76.3 Å². The van der Waals surface area contributed by atoms with Crippen LogP contribution in [0.2, 0.25) is 0 Å². The number of nitrogens with zero attached hydrogens (tertiary/aromatic N) is 2. The third kappa shape index (κ3) is 1.34. The van der Waals surface area contributed by atoms with E-state index < -0.39 is 5.54 Å². The van der Waals surface area contributed by atoms with E-state index >= 15 is 0 Å². The van der Waals surface area contributed by atoms with Crippen molar-refractivity contribution in [1.29, 1.82) is 0 Å². The van der Waals surface area contributed by atoms with Crippen molar-refractivity contribution in [3.63, 3.8) is 0 Å². The summed E-state index contributed by atoms with van der Waals surface area (Å²) in [6.45, 7) is 1.76. The summed E-state index contributed by atoms with van der Waals surface area (Å²) in [5.41, 5.74) is 5.61. The highest BCUT2D eigenvalue weighted by atomic mass is 16.5. The first kappa shape index (κ1) is 8.65. The first-order valence-corrected chi connectivity index (χ1v) is 4.26. The Bertz CT molecular complexity index is 304. The number of nitrogens with two attached hydrogens (primary N) is 1. The first-order valence-electron chi connectivity index (χ1n) is 4.26. The Morgan fingerprint density at radius 3 is 2.77 bits per heavy atom. The maximum absolute atomic E-state index is 6.04. The van der Waals surface area contributed by atoms with Crippen LogP contribution in [0.3, 0.4) is 0 Å². The fraction of sp³-hybridized carbons (Fsp3) is 0.750. The number of hydrogen-bond donors (Lipinski definition) is 1. The molecule has 2 rings (SSSR count). The van der Waals surface area contributed by atoms with Crippen LogP contribution in [0.5, 0.6) is 0 Å². The highest BCUT2D eigenvalue weighted by molar-refractivity contribution is 5.11. The Morgan fingerprint density at radius 2 is 2.31 bits per heavy atom. The standard InChI is InChI=1S/C8H13N3O2/c1-5-10-7(11-13-5)8(9)3-6(4-8)12-2/h6H,3-4,9H2,1-2H3. The molecule has 1 heterocycles. The molecule has 1 aliphatic rings. The molecule has 0 atom stereocenters. The number of rotatable bonds is 2. The SMILES string of the molecule is COC1CC(N)(c2noc(C)n2)C1. The molecule has 1 aromatic heterocycles. The lowest BCUT2D eigenvalue weighted by atomic mass is 9.74. The van der Waals surface area contributed by atoms with E-state index in [1.165, 1.54) is 0 Å². The van der Waals surface area contributed by atoms with Gasteiger partial charge in [-0.05, 0) is 12.8 Å². The van der Waals surface area contributed by atoms with Gasteiger partial charge in [-0.1, -0.05) is 5.16 Å². The molecule has 0 amide bonds. The normalized spacial score (nSPS) is 33.0. The first-order chi connectivity index (χ1) is 6.14. The second kappa shape index (κ2) is 2.78. The van der Waals surface area contributed by atoms with E-state index in [1.807, 2.05) is 0 Å². The molecule has 13 heavy (non-hydrogen) atoms. The van der Waals surface area contributed by atoms with Crippen molar-refractivity contribution < 1.29 is 9.26 Å². The highest BCUT2D eigenvalue weighted by Gasteiger charge is 2.46. The van der Waals surface area contributed by atoms with Crippen molar-refractivity contribution in [2.45, 2.75) is 31.4 Å². The molecule has 0 unspecified atom stereocenters. The van der Waals surface area contributed by atoms with E-state index in [1.54, 1.807) is 14.0 Å². The van der Waals surface area contributed by atoms with Crippen LogP contribution in [-0.2, 0) is 10.3 Å². The van der Waals surface area contributed by atoms with Crippen LogP contribution in [0.25, 0.3) is 0 Å². The van der Waals surface area contributed by atoms with Crippen molar-refractivity contribution in [3.8, 4) is 0 Å². The molecule has 0 saturated heterocycles. The minimum Gasteiger partial charge on any atom is -0.381 e. The number of aromatic nitrogens is 2. The largest absolute Gasteiger partial charge is 0.381 e. The minimum absolute atomic E-state index is 0.240. The molecule has 0 bridgehead atoms. The molecule has 0 spiro atoms. The molecule has 72 valence electrons. The van der Waals surface area contributed by atoms with Crippen LogP contribution in [0.4, 0.5) is 0 Å². The van der Waals surface area contributed by atoms with Crippen LogP contribution in [-0.4, -0.2) is 23.4 Å². The second-order valence-corrected chi connectivity index (χ2v) is 3.56. The average Bonchev–Trinajstić information content (AvgIpc) is 2.46. The fourth-order valence-corrected chi connectivity index (χ4v) is 1.60. The van der Waals surface area contributed by atoms with Gasteiger partial charge in [-0.25, -0.2) is 0 Å². The Morgan fingerprint density at radius 1 is 1.62 bits per heavy atom. The van der Waals surface area contributed by atoms with Crippen molar-refractivity contribution in [3.05, 3.63) is 11.7 Å². The van der Waals surface area contributed by atoms with Gasteiger partial charge in [0.05, 0.1) is 11.6 Å². The number of aryl methyl sites for hydroxylation is 1. The molecule has 5 heteroatoms. The summed E-state index contributed by atoms with van der Waals surface area (Å²) >= 11 is 0. The van der Waals surface area contributed by atoms with Crippen LogP contribution in [0, 0.1) is 6.92 Å². The summed E-state index contributed by atoms with van der Waals surface area (Å²) in [5, 5.41) is 3.81. The van der Waals surface area contributed by atoms with Crippen LogP contribution < -0.4 is 5.73 Å². The lowest BCUT2D eigenvalue weighted by Crippen LogP contribution is -2.53. The average molecular weight is 183 g/mol.